The number of aliphatic hydroxyl groups excluding tert-OH is 1. The molecule has 0 radical (unpaired) electrons. The molecule has 0 bridgehead atoms. The molecule has 1 unspecified atom stereocenters. The fraction of sp³-hybridized carbons (Fsp3) is 0.389. The SMILES string of the molecule is CCNC(=NCC(O)c1cccc(OC)c1)NCCc1ccco1. The molecule has 6 nitrogen and oxygen atoms in total. The Morgan fingerprint density at radius 3 is 2.88 bits per heavy atom. The second kappa shape index (κ2) is 9.62. The smallest absolute Gasteiger partial charge is 0.191 e. The number of methoxy groups -OCH3 is 1. The van der Waals surface area contributed by atoms with E-state index in [9.17, 15) is 5.11 Å². The minimum Gasteiger partial charge on any atom is -0.497 e. The molecule has 1 aromatic carbocycles. The van der Waals surface area contributed by atoms with Gasteiger partial charge in [-0.05, 0) is 36.8 Å². The highest BCUT2D eigenvalue weighted by atomic mass is 16.5. The zero-order valence-corrected chi connectivity index (χ0v) is 14.2. The Labute approximate surface area is 142 Å². The lowest BCUT2D eigenvalue weighted by atomic mass is 10.1. The molecular weight excluding hydrogens is 306 g/mol. The summed E-state index contributed by atoms with van der Waals surface area (Å²) in [7, 11) is 1.61. The van der Waals surface area contributed by atoms with Crippen molar-refractivity contribution in [1.82, 2.24) is 10.6 Å². The van der Waals surface area contributed by atoms with E-state index in [4.69, 9.17) is 9.15 Å². The van der Waals surface area contributed by atoms with E-state index in [2.05, 4.69) is 15.6 Å². The minimum absolute atomic E-state index is 0.267. The van der Waals surface area contributed by atoms with Crippen LogP contribution in [0.3, 0.4) is 0 Å². The van der Waals surface area contributed by atoms with Gasteiger partial charge in [0.1, 0.15) is 11.5 Å². The first-order valence-electron chi connectivity index (χ1n) is 8.09. The van der Waals surface area contributed by atoms with Gasteiger partial charge in [0, 0.05) is 19.5 Å². The number of ether oxygens (including phenoxy) is 1. The van der Waals surface area contributed by atoms with Crippen molar-refractivity contribution in [2.75, 3.05) is 26.7 Å². The Hall–Kier alpha value is -2.47. The topological polar surface area (TPSA) is 79.0 Å². The van der Waals surface area contributed by atoms with Crippen LogP contribution >= 0.6 is 0 Å². The number of aliphatic hydroxyl groups is 1. The van der Waals surface area contributed by atoms with E-state index in [0.29, 0.717) is 12.5 Å². The molecule has 0 aliphatic carbocycles. The van der Waals surface area contributed by atoms with Gasteiger partial charge in [0.15, 0.2) is 5.96 Å². The van der Waals surface area contributed by atoms with Crippen LogP contribution in [0.25, 0.3) is 0 Å². The summed E-state index contributed by atoms with van der Waals surface area (Å²) < 4.78 is 10.5. The first-order chi connectivity index (χ1) is 11.7. The van der Waals surface area contributed by atoms with Crippen molar-refractivity contribution in [1.29, 1.82) is 0 Å². The number of benzene rings is 1. The fourth-order valence-electron chi connectivity index (χ4n) is 2.23. The van der Waals surface area contributed by atoms with Crippen molar-refractivity contribution in [2.24, 2.45) is 4.99 Å². The zero-order chi connectivity index (χ0) is 17.2. The molecule has 0 saturated carbocycles. The standard InChI is InChI=1S/C18H25N3O3/c1-3-19-18(20-10-9-15-8-5-11-24-15)21-13-17(22)14-6-4-7-16(12-14)23-2/h4-8,11-12,17,22H,3,9-10,13H2,1-2H3,(H2,19,20,21). The van der Waals surface area contributed by atoms with Gasteiger partial charge in [-0.3, -0.25) is 4.99 Å². The largest absolute Gasteiger partial charge is 0.497 e. The summed E-state index contributed by atoms with van der Waals surface area (Å²) in [6.07, 6.45) is 1.76. The second-order valence-corrected chi connectivity index (χ2v) is 5.27. The third-order valence-electron chi connectivity index (χ3n) is 3.49. The molecule has 0 spiro atoms. The molecule has 1 atom stereocenters. The minimum atomic E-state index is -0.680. The molecule has 3 N–H and O–H groups in total. The van der Waals surface area contributed by atoms with Crippen molar-refractivity contribution in [3.05, 3.63) is 54.0 Å². The Morgan fingerprint density at radius 2 is 2.17 bits per heavy atom. The maximum atomic E-state index is 10.3. The summed E-state index contributed by atoms with van der Waals surface area (Å²) in [5, 5.41) is 16.7. The van der Waals surface area contributed by atoms with E-state index in [1.54, 1.807) is 13.4 Å². The van der Waals surface area contributed by atoms with Crippen LogP contribution in [0.5, 0.6) is 5.75 Å². The fourth-order valence-corrected chi connectivity index (χ4v) is 2.23. The number of nitrogens with zero attached hydrogens (tertiary/aromatic N) is 1. The highest BCUT2D eigenvalue weighted by Gasteiger charge is 2.08. The first-order valence-corrected chi connectivity index (χ1v) is 8.09. The number of hydrogen-bond acceptors (Lipinski definition) is 4. The molecule has 0 saturated heterocycles. The van der Waals surface area contributed by atoms with E-state index >= 15 is 0 Å². The average molecular weight is 331 g/mol. The van der Waals surface area contributed by atoms with Crippen LogP contribution < -0.4 is 15.4 Å². The molecule has 2 aromatic rings. The van der Waals surface area contributed by atoms with Gasteiger partial charge < -0.3 is 24.9 Å². The Bertz CT molecular complexity index is 626. The van der Waals surface area contributed by atoms with Gasteiger partial charge in [-0.15, -0.1) is 0 Å². The number of guanidine groups is 1. The number of rotatable bonds is 8. The summed E-state index contributed by atoms with van der Waals surface area (Å²) in [5.74, 6) is 2.32. The highest BCUT2D eigenvalue weighted by Crippen LogP contribution is 2.19. The molecule has 0 aliphatic rings. The monoisotopic (exact) mass is 331 g/mol. The van der Waals surface area contributed by atoms with Crippen LogP contribution in [0, 0.1) is 0 Å². The molecular formula is C18H25N3O3. The van der Waals surface area contributed by atoms with Gasteiger partial charge in [0.2, 0.25) is 0 Å². The van der Waals surface area contributed by atoms with Crippen molar-refractivity contribution in [3.63, 3.8) is 0 Å². The maximum absolute atomic E-state index is 10.3. The van der Waals surface area contributed by atoms with Crippen LogP contribution in [-0.2, 0) is 6.42 Å². The number of hydrogen-bond donors (Lipinski definition) is 3. The second-order valence-electron chi connectivity index (χ2n) is 5.27. The lowest BCUT2D eigenvalue weighted by Crippen LogP contribution is -2.38. The van der Waals surface area contributed by atoms with E-state index in [1.807, 2.05) is 43.3 Å². The molecule has 1 heterocycles. The molecule has 6 heteroatoms. The van der Waals surface area contributed by atoms with Crippen LogP contribution in [0.15, 0.2) is 52.1 Å². The number of aliphatic imine (C=N–C) groups is 1. The first kappa shape index (κ1) is 17.9. The van der Waals surface area contributed by atoms with Gasteiger partial charge in [-0.1, -0.05) is 12.1 Å². The highest BCUT2D eigenvalue weighted by molar-refractivity contribution is 5.79. The van der Waals surface area contributed by atoms with Crippen LogP contribution in [0.1, 0.15) is 24.4 Å². The van der Waals surface area contributed by atoms with E-state index in [0.717, 1.165) is 30.0 Å². The van der Waals surface area contributed by atoms with E-state index in [-0.39, 0.29) is 6.54 Å². The van der Waals surface area contributed by atoms with E-state index < -0.39 is 6.10 Å². The Balaban J connectivity index is 1.88. The van der Waals surface area contributed by atoms with Crippen molar-refractivity contribution in [3.8, 4) is 5.75 Å². The lowest BCUT2D eigenvalue weighted by Gasteiger charge is -2.13. The lowest BCUT2D eigenvalue weighted by molar-refractivity contribution is 0.186. The van der Waals surface area contributed by atoms with Crippen molar-refractivity contribution < 1.29 is 14.3 Å². The van der Waals surface area contributed by atoms with Gasteiger partial charge in [0.25, 0.3) is 0 Å². The molecule has 0 amide bonds. The normalized spacial score (nSPS) is 12.7. The molecule has 24 heavy (non-hydrogen) atoms. The summed E-state index contributed by atoms with van der Waals surface area (Å²) in [6, 6.07) is 11.2. The Kier molecular flexibility index (Phi) is 7.17. The van der Waals surface area contributed by atoms with Crippen molar-refractivity contribution >= 4 is 5.96 Å². The third kappa shape index (κ3) is 5.62. The van der Waals surface area contributed by atoms with Crippen LogP contribution in [0.2, 0.25) is 0 Å². The van der Waals surface area contributed by atoms with Crippen molar-refractivity contribution in [2.45, 2.75) is 19.4 Å². The number of furan rings is 1. The van der Waals surface area contributed by atoms with Gasteiger partial charge in [0.05, 0.1) is 26.0 Å². The predicted molar refractivity (Wildman–Crippen MR) is 94.3 cm³/mol. The summed E-state index contributed by atoms with van der Waals surface area (Å²) in [5.41, 5.74) is 0.782. The predicted octanol–water partition coefficient (Wildman–Crippen LogP) is 2.12. The third-order valence-corrected chi connectivity index (χ3v) is 3.49. The quantitative estimate of drug-likeness (QED) is 0.510. The molecule has 0 fully saturated rings. The summed E-state index contributed by atoms with van der Waals surface area (Å²) >= 11 is 0. The Morgan fingerprint density at radius 1 is 1.29 bits per heavy atom. The summed E-state index contributed by atoms with van der Waals surface area (Å²) in [6.45, 7) is 3.72. The zero-order valence-electron chi connectivity index (χ0n) is 14.2. The summed E-state index contributed by atoms with van der Waals surface area (Å²) in [4.78, 5) is 4.44. The average Bonchev–Trinajstić information content (AvgIpc) is 3.13. The van der Waals surface area contributed by atoms with Crippen LogP contribution in [-0.4, -0.2) is 37.8 Å². The number of nitrogens with one attached hydrogen (secondary N) is 2. The molecule has 1 aromatic heterocycles. The molecule has 2 rings (SSSR count). The maximum Gasteiger partial charge on any atom is 0.191 e. The van der Waals surface area contributed by atoms with Crippen LogP contribution in [0.4, 0.5) is 0 Å². The molecule has 130 valence electrons. The van der Waals surface area contributed by atoms with Gasteiger partial charge >= 0.3 is 0 Å². The van der Waals surface area contributed by atoms with Gasteiger partial charge in [-0.25, -0.2) is 0 Å². The molecule has 0 aliphatic heterocycles. The van der Waals surface area contributed by atoms with Gasteiger partial charge in [-0.2, -0.15) is 0 Å². The van der Waals surface area contributed by atoms with E-state index in [1.165, 1.54) is 0 Å².